The monoisotopic (exact) mass is 390 g/mol. The molecule has 2 aromatic rings. The summed E-state index contributed by atoms with van der Waals surface area (Å²) >= 11 is 0. The fourth-order valence-electron chi connectivity index (χ4n) is 2.95. The van der Waals surface area contributed by atoms with E-state index in [1.165, 1.54) is 18.4 Å². The molecule has 0 aliphatic carbocycles. The Hall–Kier alpha value is -2.16. The van der Waals surface area contributed by atoms with Gasteiger partial charge in [-0.25, -0.2) is 17.7 Å². The molecule has 27 heavy (non-hydrogen) atoms. The van der Waals surface area contributed by atoms with Crippen LogP contribution >= 0.6 is 0 Å². The summed E-state index contributed by atoms with van der Waals surface area (Å²) in [6, 6.07) is 12.5. The third-order valence-electron chi connectivity index (χ3n) is 4.62. The highest BCUT2D eigenvalue weighted by Crippen LogP contribution is 2.18. The number of ether oxygens (including phenoxy) is 1. The molecule has 2 heterocycles. The zero-order chi connectivity index (χ0) is 19.3. The molecule has 0 amide bonds. The Bertz CT molecular complexity index is 818. The van der Waals surface area contributed by atoms with Crippen molar-refractivity contribution in [3.05, 3.63) is 48.7 Å². The molecule has 0 atom stereocenters. The Morgan fingerprint density at radius 3 is 2.33 bits per heavy atom. The van der Waals surface area contributed by atoms with Crippen molar-refractivity contribution in [2.45, 2.75) is 4.90 Å². The summed E-state index contributed by atoms with van der Waals surface area (Å²) in [6.45, 7) is 5.26. The summed E-state index contributed by atoms with van der Waals surface area (Å²) in [5.41, 5.74) is 0. The lowest BCUT2D eigenvalue weighted by Crippen LogP contribution is -2.47. The van der Waals surface area contributed by atoms with E-state index >= 15 is 0 Å². The van der Waals surface area contributed by atoms with Gasteiger partial charge in [-0.1, -0.05) is 6.07 Å². The van der Waals surface area contributed by atoms with Crippen LogP contribution in [0.1, 0.15) is 0 Å². The van der Waals surface area contributed by atoms with Gasteiger partial charge in [0.2, 0.25) is 10.0 Å². The van der Waals surface area contributed by atoms with E-state index in [0.717, 1.165) is 38.5 Å². The minimum atomic E-state index is -3.40. The topological polar surface area (TPSA) is 66.0 Å². The normalized spacial score (nSPS) is 15.9. The van der Waals surface area contributed by atoms with Crippen molar-refractivity contribution in [3.8, 4) is 5.75 Å². The first-order chi connectivity index (χ1) is 13.0. The summed E-state index contributed by atoms with van der Waals surface area (Å²) in [4.78, 5) is 9.33. The zero-order valence-corrected chi connectivity index (χ0v) is 16.6. The van der Waals surface area contributed by atoms with Crippen LogP contribution in [0.2, 0.25) is 0 Å². The first-order valence-electron chi connectivity index (χ1n) is 9.00. The number of anilines is 1. The Labute approximate surface area is 161 Å². The summed E-state index contributed by atoms with van der Waals surface area (Å²) in [7, 11) is -0.357. The van der Waals surface area contributed by atoms with Crippen LogP contribution in [0.5, 0.6) is 5.75 Å². The van der Waals surface area contributed by atoms with Gasteiger partial charge in [-0.2, -0.15) is 0 Å². The molecule has 1 aromatic carbocycles. The maximum atomic E-state index is 12.1. The summed E-state index contributed by atoms with van der Waals surface area (Å²) < 4.78 is 31.1. The SMILES string of the molecule is CN(C)S(=O)(=O)c1ccc(OCCN2CCN(c3ccccn3)CC2)cc1. The number of piperazine rings is 1. The molecule has 1 aromatic heterocycles. The number of benzene rings is 1. The molecule has 0 saturated carbocycles. The Morgan fingerprint density at radius 2 is 1.74 bits per heavy atom. The maximum absolute atomic E-state index is 12.1. The van der Waals surface area contributed by atoms with Gasteiger partial charge in [0, 0.05) is 53.0 Å². The maximum Gasteiger partial charge on any atom is 0.242 e. The number of sulfonamides is 1. The molecule has 0 spiro atoms. The van der Waals surface area contributed by atoms with Crippen molar-refractivity contribution in [3.63, 3.8) is 0 Å². The number of pyridine rings is 1. The van der Waals surface area contributed by atoms with Crippen molar-refractivity contribution < 1.29 is 13.2 Å². The van der Waals surface area contributed by atoms with E-state index in [9.17, 15) is 8.42 Å². The summed E-state index contributed by atoms with van der Waals surface area (Å²) in [5.74, 6) is 1.71. The van der Waals surface area contributed by atoms with Crippen LogP contribution < -0.4 is 9.64 Å². The number of nitrogens with zero attached hydrogens (tertiary/aromatic N) is 4. The van der Waals surface area contributed by atoms with Gasteiger partial charge in [0.05, 0.1) is 4.90 Å². The van der Waals surface area contributed by atoms with Gasteiger partial charge in [-0.05, 0) is 36.4 Å². The van der Waals surface area contributed by atoms with Crippen LogP contribution in [0.25, 0.3) is 0 Å². The van der Waals surface area contributed by atoms with Crippen molar-refractivity contribution in [1.82, 2.24) is 14.2 Å². The lowest BCUT2D eigenvalue weighted by molar-refractivity contribution is 0.200. The number of aromatic nitrogens is 1. The predicted molar refractivity (Wildman–Crippen MR) is 106 cm³/mol. The average Bonchev–Trinajstić information content (AvgIpc) is 2.69. The van der Waals surface area contributed by atoms with Crippen molar-refractivity contribution in [2.75, 3.05) is 58.3 Å². The number of hydrogen-bond donors (Lipinski definition) is 0. The van der Waals surface area contributed by atoms with Crippen molar-refractivity contribution in [2.24, 2.45) is 0 Å². The molecule has 1 fully saturated rings. The van der Waals surface area contributed by atoms with E-state index in [1.54, 1.807) is 24.3 Å². The molecule has 146 valence electrons. The van der Waals surface area contributed by atoms with Crippen LogP contribution in [0.4, 0.5) is 5.82 Å². The first kappa shape index (κ1) is 19.6. The molecule has 1 saturated heterocycles. The van der Waals surface area contributed by atoms with E-state index in [1.807, 2.05) is 24.4 Å². The van der Waals surface area contributed by atoms with Gasteiger partial charge >= 0.3 is 0 Å². The predicted octanol–water partition coefficient (Wildman–Crippen LogP) is 1.53. The first-order valence-corrected chi connectivity index (χ1v) is 10.4. The molecular formula is C19H26N4O3S. The molecule has 0 radical (unpaired) electrons. The molecule has 1 aliphatic heterocycles. The molecule has 7 nitrogen and oxygen atoms in total. The van der Waals surface area contributed by atoms with Gasteiger partial charge in [0.1, 0.15) is 18.2 Å². The van der Waals surface area contributed by atoms with Crippen LogP contribution in [-0.4, -0.2) is 76.0 Å². The van der Waals surface area contributed by atoms with Crippen molar-refractivity contribution in [1.29, 1.82) is 0 Å². The Morgan fingerprint density at radius 1 is 1.04 bits per heavy atom. The number of hydrogen-bond acceptors (Lipinski definition) is 6. The highest BCUT2D eigenvalue weighted by Gasteiger charge is 2.18. The third-order valence-corrected chi connectivity index (χ3v) is 6.45. The van der Waals surface area contributed by atoms with E-state index in [0.29, 0.717) is 12.4 Å². The number of rotatable bonds is 7. The second-order valence-corrected chi connectivity index (χ2v) is 8.78. The quantitative estimate of drug-likeness (QED) is 0.714. The van der Waals surface area contributed by atoms with E-state index in [-0.39, 0.29) is 4.90 Å². The molecular weight excluding hydrogens is 364 g/mol. The van der Waals surface area contributed by atoms with Gasteiger partial charge in [0.15, 0.2) is 0 Å². The second kappa shape index (κ2) is 8.69. The molecule has 0 unspecified atom stereocenters. The van der Waals surface area contributed by atoms with Gasteiger partial charge in [-0.3, -0.25) is 4.90 Å². The minimum Gasteiger partial charge on any atom is -0.492 e. The highest BCUT2D eigenvalue weighted by atomic mass is 32.2. The van der Waals surface area contributed by atoms with E-state index in [2.05, 4.69) is 14.8 Å². The summed E-state index contributed by atoms with van der Waals surface area (Å²) in [5, 5.41) is 0. The molecule has 3 rings (SSSR count). The molecule has 8 heteroatoms. The summed E-state index contributed by atoms with van der Waals surface area (Å²) in [6.07, 6.45) is 1.82. The fraction of sp³-hybridized carbons (Fsp3) is 0.421. The lowest BCUT2D eigenvalue weighted by atomic mass is 10.3. The zero-order valence-electron chi connectivity index (χ0n) is 15.8. The lowest BCUT2D eigenvalue weighted by Gasteiger charge is -2.35. The van der Waals surface area contributed by atoms with Crippen molar-refractivity contribution >= 4 is 15.8 Å². The van der Waals surface area contributed by atoms with Crippen LogP contribution in [0.3, 0.4) is 0 Å². The minimum absolute atomic E-state index is 0.269. The Kier molecular flexibility index (Phi) is 6.30. The van der Waals surface area contributed by atoms with E-state index in [4.69, 9.17) is 4.74 Å². The van der Waals surface area contributed by atoms with Gasteiger partial charge in [-0.15, -0.1) is 0 Å². The fourth-order valence-corrected chi connectivity index (χ4v) is 3.85. The average molecular weight is 391 g/mol. The molecule has 1 aliphatic rings. The largest absolute Gasteiger partial charge is 0.492 e. The van der Waals surface area contributed by atoms with Crippen LogP contribution in [0.15, 0.2) is 53.6 Å². The van der Waals surface area contributed by atoms with Gasteiger partial charge < -0.3 is 9.64 Å². The molecule has 0 N–H and O–H groups in total. The Balaban J connectivity index is 1.43. The highest BCUT2D eigenvalue weighted by molar-refractivity contribution is 7.89. The standard InChI is InChI=1S/C19H26N4O3S/c1-21(2)27(24,25)18-8-6-17(7-9-18)26-16-15-22-11-13-23(14-12-22)19-5-3-4-10-20-19/h3-10H,11-16H2,1-2H3. The third kappa shape index (κ3) is 4.97. The van der Waals surface area contributed by atoms with E-state index < -0.39 is 10.0 Å². The van der Waals surface area contributed by atoms with Crippen LogP contribution in [0, 0.1) is 0 Å². The second-order valence-electron chi connectivity index (χ2n) is 6.62. The smallest absolute Gasteiger partial charge is 0.242 e. The van der Waals surface area contributed by atoms with Gasteiger partial charge in [0.25, 0.3) is 0 Å². The molecule has 0 bridgehead atoms. The van der Waals surface area contributed by atoms with Crippen LogP contribution in [-0.2, 0) is 10.0 Å².